The Hall–Kier alpha value is -1.19. The van der Waals surface area contributed by atoms with Gasteiger partial charge in [-0.1, -0.05) is 18.2 Å². The minimum absolute atomic E-state index is 0.318. The standard InChI is InChI=1S/C10H11NO2/c1-11(13)7-6-8-4-2-3-5-9(8)10(11)12/h2-5H,6-7H2,1H3. The fraction of sp³-hybridized carbons (Fsp3) is 0.300. The lowest BCUT2D eigenvalue weighted by Crippen LogP contribution is -2.48. The molecular weight excluding hydrogens is 166 g/mol. The van der Waals surface area contributed by atoms with Crippen LogP contribution in [0.1, 0.15) is 15.9 Å². The van der Waals surface area contributed by atoms with E-state index >= 15 is 0 Å². The van der Waals surface area contributed by atoms with Gasteiger partial charge in [-0.25, -0.2) is 4.79 Å². The second-order valence-electron chi connectivity index (χ2n) is 3.54. The van der Waals surface area contributed by atoms with E-state index in [4.69, 9.17) is 0 Å². The van der Waals surface area contributed by atoms with Crippen molar-refractivity contribution in [2.45, 2.75) is 6.42 Å². The summed E-state index contributed by atoms with van der Waals surface area (Å²) in [4.78, 5) is 11.6. The Morgan fingerprint density at radius 3 is 2.85 bits per heavy atom. The fourth-order valence-corrected chi connectivity index (χ4v) is 1.64. The molecule has 0 bridgehead atoms. The summed E-state index contributed by atoms with van der Waals surface area (Å²) in [5, 5.41) is 11.6. The van der Waals surface area contributed by atoms with Crippen molar-refractivity contribution in [3.05, 3.63) is 40.6 Å². The molecule has 1 atom stereocenters. The number of nitrogens with zero attached hydrogens (tertiary/aromatic N) is 1. The number of benzene rings is 1. The summed E-state index contributed by atoms with van der Waals surface area (Å²) in [5.41, 5.74) is 1.59. The molecule has 1 aliphatic heterocycles. The maximum absolute atomic E-state index is 11.6. The zero-order valence-electron chi connectivity index (χ0n) is 7.49. The van der Waals surface area contributed by atoms with Crippen molar-refractivity contribution >= 4 is 5.91 Å². The van der Waals surface area contributed by atoms with Gasteiger partial charge in [-0.05, 0) is 11.6 Å². The summed E-state index contributed by atoms with van der Waals surface area (Å²) in [7, 11) is 1.41. The molecule has 13 heavy (non-hydrogen) atoms. The molecule has 1 aromatic carbocycles. The van der Waals surface area contributed by atoms with Crippen molar-refractivity contribution in [3.8, 4) is 0 Å². The van der Waals surface area contributed by atoms with E-state index in [1.807, 2.05) is 12.1 Å². The third-order valence-electron chi connectivity index (χ3n) is 2.49. The minimum atomic E-state index is -0.767. The number of carbonyl (C=O) groups excluding carboxylic acids is 1. The summed E-state index contributed by atoms with van der Waals surface area (Å²) in [6, 6.07) is 7.33. The van der Waals surface area contributed by atoms with Crippen LogP contribution in [-0.4, -0.2) is 24.1 Å². The average molecular weight is 177 g/mol. The molecule has 1 amide bonds. The van der Waals surface area contributed by atoms with Gasteiger partial charge in [-0.3, -0.25) is 4.65 Å². The van der Waals surface area contributed by atoms with E-state index in [-0.39, 0.29) is 5.91 Å². The Kier molecular flexibility index (Phi) is 1.71. The molecular formula is C10H11NO2. The Balaban J connectivity index is 2.52. The SMILES string of the molecule is C[N+]1([O-])CCc2ccccc2C1=O. The number of hydrogen-bond acceptors (Lipinski definition) is 2. The maximum atomic E-state index is 11.6. The van der Waals surface area contributed by atoms with E-state index in [0.29, 0.717) is 18.5 Å². The quantitative estimate of drug-likeness (QED) is 0.443. The molecule has 68 valence electrons. The summed E-state index contributed by atoms with van der Waals surface area (Å²) < 4.78 is -0.767. The molecule has 0 aromatic heterocycles. The predicted molar refractivity (Wildman–Crippen MR) is 48.9 cm³/mol. The lowest BCUT2D eigenvalue weighted by molar-refractivity contribution is -0.777. The van der Waals surface area contributed by atoms with Gasteiger partial charge < -0.3 is 5.21 Å². The highest BCUT2D eigenvalue weighted by Crippen LogP contribution is 2.21. The Morgan fingerprint density at radius 1 is 1.38 bits per heavy atom. The number of likely N-dealkylation sites (N-methyl/N-ethyl adjacent to an activating group) is 1. The smallest absolute Gasteiger partial charge is 0.345 e. The molecule has 1 aromatic rings. The van der Waals surface area contributed by atoms with Crippen LogP contribution in [0.4, 0.5) is 0 Å². The van der Waals surface area contributed by atoms with Crippen molar-refractivity contribution in [1.82, 2.24) is 0 Å². The second kappa shape index (κ2) is 2.65. The number of carbonyl (C=O) groups is 1. The van der Waals surface area contributed by atoms with Crippen LogP contribution in [0, 0.1) is 5.21 Å². The molecule has 0 aliphatic carbocycles. The van der Waals surface area contributed by atoms with E-state index < -0.39 is 4.65 Å². The normalized spacial score (nSPS) is 27.1. The minimum Gasteiger partial charge on any atom is -0.625 e. The van der Waals surface area contributed by atoms with Crippen molar-refractivity contribution in [3.63, 3.8) is 0 Å². The van der Waals surface area contributed by atoms with Gasteiger partial charge in [-0.15, -0.1) is 0 Å². The molecule has 0 spiro atoms. The Bertz CT molecular complexity index is 358. The van der Waals surface area contributed by atoms with Gasteiger partial charge in [0.1, 0.15) is 0 Å². The Labute approximate surface area is 76.8 Å². The topological polar surface area (TPSA) is 40.1 Å². The molecule has 3 nitrogen and oxygen atoms in total. The van der Waals surface area contributed by atoms with E-state index in [9.17, 15) is 10.0 Å². The van der Waals surface area contributed by atoms with Gasteiger partial charge >= 0.3 is 5.91 Å². The van der Waals surface area contributed by atoms with Crippen LogP contribution in [0.15, 0.2) is 24.3 Å². The predicted octanol–water partition coefficient (Wildman–Crippen LogP) is 1.33. The third-order valence-corrected chi connectivity index (χ3v) is 2.49. The monoisotopic (exact) mass is 177 g/mol. The summed E-state index contributed by atoms with van der Waals surface area (Å²) >= 11 is 0. The second-order valence-corrected chi connectivity index (χ2v) is 3.54. The van der Waals surface area contributed by atoms with Crippen LogP contribution in [0.25, 0.3) is 0 Å². The van der Waals surface area contributed by atoms with E-state index in [2.05, 4.69) is 0 Å². The lowest BCUT2D eigenvalue weighted by atomic mass is 9.99. The largest absolute Gasteiger partial charge is 0.625 e. The van der Waals surface area contributed by atoms with Crippen LogP contribution in [0.2, 0.25) is 0 Å². The number of quaternary nitrogens is 1. The van der Waals surface area contributed by atoms with Crippen LogP contribution in [0.3, 0.4) is 0 Å². The Morgan fingerprint density at radius 2 is 2.08 bits per heavy atom. The zero-order chi connectivity index (χ0) is 9.47. The van der Waals surface area contributed by atoms with Crippen LogP contribution in [-0.2, 0) is 6.42 Å². The molecule has 1 unspecified atom stereocenters. The molecule has 0 N–H and O–H groups in total. The summed E-state index contributed by atoms with van der Waals surface area (Å²) in [5.74, 6) is -0.318. The lowest BCUT2D eigenvalue weighted by Gasteiger charge is -2.38. The van der Waals surface area contributed by atoms with E-state index in [1.54, 1.807) is 12.1 Å². The van der Waals surface area contributed by atoms with Crippen LogP contribution in [0.5, 0.6) is 0 Å². The number of hydrogen-bond donors (Lipinski definition) is 0. The summed E-state index contributed by atoms with van der Waals surface area (Å²) in [6.07, 6.45) is 0.696. The first-order chi connectivity index (χ1) is 6.11. The zero-order valence-corrected chi connectivity index (χ0v) is 7.49. The van der Waals surface area contributed by atoms with Gasteiger partial charge in [0.05, 0.1) is 19.2 Å². The number of fused-ring (bicyclic) bond motifs is 1. The molecule has 3 heteroatoms. The van der Waals surface area contributed by atoms with Gasteiger partial charge in [0.2, 0.25) is 0 Å². The van der Waals surface area contributed by atoms with Crippen LogP contribution >= 0.6 is 0 Å². The number of hydroxylamine groups is 3. The molecule has 0 saturated carbocycles. The highest BCUT2D eigenvalue weighted by atomic mass is 16.6. The van der Waals surface area contributed by atoms with E-state index in [0.717, 1.165) is 5.56 Å². The van der Waals surface area contributed by atoms with Crippen molar-refractivity contribution in [2.24, 2.45) is 0 Å². The van der Waals surface area contributed by atoms with Gasteiger partial charge in [0.25, 0.3) is 0 Å². The molecule has 0 radical (unpaired) electrons. The average Bonchev–Trinajstić information content (AvgIpc) is 2.13. The molecule has 1 heterocycles. The molecule has 1 aliphatic rings. The van der Waals surface area contributed by atoms with Crippen molar-refractivity contribution in [2.75, 3.05) is 13.6 Å². The first kappa shape index (κ1) is 8.41. The van der Waals surface area contributed by atoms with Crippen molar-refractivity contribution < 1.29 is 9.44 Å². The van der Waals surface area contributed by atoms with Gasteiger partial charge in [0.15, 0.2) is 0 Å². The highest BCUT2D eigenvalue weighted by Gasteiger charge is 2.30. The first-order valence-electron chi connectivity index (χ1n) is 4.30. The summed E-state index contributed by atoms with van der Waals surface area (Å²) in [6.45, 7) is 0.357. The third kappa shape index (κ3) is 1.26. The fourth-order valence-electron chi connectivity index (χ4n) is 1.64. The number of rotatable bonds is 0. The van der Waals surface area contributed by atoms with Crippen molar-refractivity contribution in [1.29, 1.82) is 0 Å². The van der Waals surface area contributed by atoms with Gasteiger partial charge in [-0.2, -0.15) is 0 Å². The van der Waals surface area contributed by atoms with E-state index in [1.165, 1.54) is 7.05 Å². The maximum Gasteiger partial charge on any atom is 0.345 e. The molecule has 0 fully saturated rings. The first-order valence-corrected chi connectivity index (χ1v) is 4.30. The number of amides is 1. The molecule has 2 rings (SSSR count). The van der Waals surface area contributed by atoms with Crippen LogP contribution < -0.4 is 0 Å². The van der Waals surface area contributed by atoms with Gasteiger partial charge in [0, 0.05) is 6.42 Å². The highest BCUT2D eigenvalue weighted by molar-refractivity contribution is 5.91. The molecule has 0 saturated heterocycles.